The van der Waals surface area contributed by atoms with E-state index >= 15 is 0 Å². The smallest absolute Gasteiger partial charge is 0.237 e. The van der Waals surface area contributed by atoms with Crippen LogP contribution >= 0.6 is 11.8 Å². The normalized spacial score (nSPS) is 12.0. The van der Waals surface area contributed by atoms with Crippen LogP contribution in [0.25, 0.3) is 11.4 Å². The monoisotopic (exact) mass is 380 g/mol. The molecule has 0 fully saturated rings. The van der Waals surface area contributed by atoms with Crippen molar-refractivity contribution in [3.05, 3.63) is 59.2 Å². The van der Waals surface area contributed by atoms with Gasteiger partial charge in [-0.05, 0) is 50.5 Å². The molecule has 1 heterocycles. The van der Waals surface area contributed by atoms with Gasteiger partial charge in [-0.3, -0.25) is 4.79 Å². The van der Waals surface area contributed by atoms with Crippen molar-refractivity contribution in [1.82, 2.24) is 14.8 Å². The first-order valence-electron chi connectivity index (χ1n) is 8.87. The van der Waals surface area contributed by atoms with Gasteiger partial charge in [-0.2, -0.15) is 0 Å². The van der Waals surface area contributed by atoms with Gasteiger partial charge in [0.2, 0.25) is 5.91 Å². The zero-order valence-corrected chi connectivity index (χ0v) is 17.1. The third-order valence-electron chi connectivity index (χ3n) is 4.52. The van der Waals surface area contributed by atoms with E-state index in [1.807, 2.05) is 68.8 Å². The molecule has 1 amide bonds. The zero-order chi connectivity index (χ0) is 19.6. The number of nitrogens with zero attached hydrogens (tertiary/aromatic N) is 3. The predicted molar refractivity (Wildman–Crippen MR) is 111 cm³/mol. The van der Waals surface area contributed by atoms with Gasteiger partial charge in [-0.15, -0.1) is 10.2 Å². The van der Waals surface area contributed by atoms with Gasteiger partial charge in [0.25, 0.3) is 0 Å². The maximum absolute atomic E-state index is 12.6. The lowest BCUT2D eigenvalue weighted by molar-refractivity contribution is -0.115. The molecule has 0 aliphatic carbocycles. The quantitative estimate of drug-likeness (QED) is 0.661. The van der Waals surface area contributed by atoms with Gasteiger partial charge in [0.15, 0.2) is 11.0 Å². The van der Waals surface area contributed by atoms with Crippen LogP contribution in [0.1, 0.15) is 23.6 Å². The van der Waals surface area contributed by atoms with E-state index in [4.69, 9.17) is 0 Å². The highest BCUT2D eigenvalue weighted by Gasteiger charge is 2.20. The van der Waals surface area contributed by atoms with Crippen molar-refractivity contribution >= 4 is 23.4 Å². The van der Waals surface area contributed by atoms with Crippen molar-refractivity contribution in [1.29, 1.82) is 0 Å². The molecular formula is C21H24N4OS. The molecule has 3 rings (SSSR count). The second kappa shape index (κ2) is 7.96. The lowest BCUT2D eigenvalue weighted by Gasteiger charge is -2.14. The third-order valence-corrected chi connectivity index (χ3v) is 5.66. The van der Waals surface area contributed by atoms with Crippen LogP contribution in [0.3, 0.4) is 0 Å². The van der Waals surface area contributed by atoms with Crippen molar-refractivity contribution in [2.45, 2.75) is 38.1 Å². The Labute approximate surface area is 164 Å². The Morgan fingerprint density at radius 1 is 1.07 bits per heavy atom. The number of amides is 1. The molecule has 0 bridgehead atoms. The standard InChI is InChI=1S/C21H24N4OS/c1-13-10-11-15(3)18(12-13)22-20(26)16(4)27-21-24-23-19(25(21)5)17-9-7-6-8-14(17)2/h6-12,16H,1-5H3,(H,22,26)/t16-/m0/s1. The molecule has 0 aliphatic heterocycles. The van der Waals surface area contributed by atoms with Gasteiger partial charge >= 0.3 is 0 Å². The van der Waals surface area contributed by atoms with Crippen molar-refractivity contribution in [3.8, 4) is 11.4 Å². The molecular weight excluding hydrogens is 356 g/mol. The fourth-order valence-corrected chi connectivity index (χ4v) is 3.61. The van der Waals surface area contributed by atoms with Gasteiger partial charge < -0.3 is 9.88 Å². The molecule has 1 atom stereocenters. The molecule has 1 N–H and O–H groups in total. The number of rotatable bonds is 5. The van der Waals surface area contributed by atoms with Crippen molar-refractivity contribution in [2.75, 3.05) is 5.32 Å². The second-order valence-electron chi connectivity index (χ2n) is 6.75. The van der Waals surface area contributed by atoms with E-state index in [0.29, 0.717) is 0 Å². The van der Waals surface area contributed by atoms with Crippen LogP contribution in [0.2, 0.25) is 0 Å². The summed E-state index contributed by atoms with van der Waals surface area (Å²) in [5.74, 6) is 0.756. The van der Waals surface area contributed by atoms with E-state index in [1.165, 1.54) is 11.8 Å². The van der Waals surface area contributed by atoms with E-state index in [-0.39, 0.29) is 11.2 Å². The van der Waals surface area contributed by atoms with Crippen LogP contribution in [-0.2, 0) is 11.8 Å². The zero-order valence-electron chi connectivity index (χ0n) is 16.3. The van der Waals surface area contributed by atoms with Crippen molar-refractivity contribution < 1.29 is 4.79 Å². The lowest BCUT2D eigenvalue weighted by Crippen LogP contribution is -2.23. The summed E-state index contributed by atoms with van der Waals surface area (Å²) < 4.78 is 1.94. The molecule has 0 unspecified atom stereocenters. The molecule has 1 aromatic heterocycles. The number of hydrogen-bond acceptors (Lipinski definition) is 4. The van der Waals surface area contributed by atoms with Crippen LogP contribution < -0.4 is 5.32 Å². The molecule has 6 heteroatoms. The molecule has 0 aliphatic rings. The van der Waals surface area contributed by atoms with Crippen LogP contribution in [0.4, 0.5) is 5.69 Å². The first-order valence-corrected chi connectivity index (χ1v) is 9.75. The Balaban J connectivity index is 1.75. The summed E-state index contributed by atoms with van der Waals surface area (Å²) in [4.78, 5) is 12.6. The first kappa shape index (κ1) is 19.2. The summed E-state index contributed by atoms with van der Waals surface area (Å²) in [6, 6.07) is 14.1. The third kappa shape index (κ3) is 4.22. The Morgan fingerprint density at radius 2 is 1.81 bits per heavy atom. The average Bonchev–Trinajstić information content (AvgIpc) is 2.99. The predicted octanol–water partition coefficient (Wildman–Crippen LogP) is 4.53. The maximum Gasteiger partial charge on any atom is 0.237 e. The highest BCUT2D eigenvalue weighted by molar-refractivity contribution is 8.00. The summed E-state index contributed by atoms with van der Waals surface area (Å²) in [5, 5.41) is 12.1. The van der Waals surface area contributed by atoms with Gasteiger partial charge in [0.1, 0.15) is 0 Å². The number of anilines is 1. The summed E-state index contributed by atoms with van der Waals surface area (Å²) in [6.45, 7) is 7.94. The van der Waals surface area contributed by atoms with Crippen LogP contribution in [0.5, 0.6) is 0 Å². The van der Waals surface area contributed by atoms with E-state index in [0.717, 1.165) is 38.9 Å². The molecule has 0 saturated heterocycles. The number of aryl methyl sites for hydroxylation is 3. The fourth-order valence-electron chi connectivity index (χ4n) is 2.79. The number of carbonyl (C=O) groups is 1. The van der Waals surface area contributed by atoms with Gasteiger partial charge in [-0.1, -0.05) is 48.2 Å². The number of hydrogen-bond donors (Lipinski definition) is 1. The lowest BCUT2D eigenvalue weighted by atomic mass is 10.1. The van der Waals surface area contributed by atoms with E-state index in [2.05, 4.69) is 28.5 Å². The van der Waals surface area contributed by atoms with Gasteiger partial charge in [0, 0.05) is 18.3 Å². The topological polar surface area (TPSA) is 59.8 Å². The average molecular weight is 381 g/mol. The van der Waals surface area contributed by atoms with Crippen molar-refractivity contribution in [2.24, 2.45) is 7.05 Å². The number of thioether (sulfide) groups is 1. The highest BCUT2D eigenvalue weighted by Crippen LogP contribution is 2.28. The second-order valence-corrected chi connectivity index (χ2v) is 8.06. The van der Waals surface area contributed by atoms with Crippen molar-refractivity contribution in [3.63, 3.8) is 0 Å². The molecule has 0 radical (unpaired) electrons. The molecule has 140 valence electrons. The Hall–Kier alpha value is -2.60. The number of nitrogens with one attached hydrogen (secondary N) is 1. The summed E-state index contributed by atoms with van der Waals surface area (Å²) in [6.07, 6.45) is 0. The molecule has 5 nitrogen and oxygen atoms in total. The van der Waals surface area contributed by atoms with Gasteiger partial charge in [-0.25, -0.2) is 0 Å². The number of carbonyl (C=O) groups excluding carboxylic acids is 1. The largest absolute Gasteiger partial charge is 0.325 e. The van der Waals surface area contributed by atoms with Gasteiger partial charge in [0.05, 0.1) is 5.25 Å². The highest BCUT2D eigenvalue weighted by atomic mass is 32.2. The number of benzene rings is 2. The molecule has 0 spiro atoms. The minimum Gasteiger partial charge on any atom is -0.325 e. The Morgan fingerprint density at radius 3 is 2.56 bits per heavy atom. The first-order chi connectivity index (χ1) is 12.9. The van der Waals surface area contributed by atoms with E-state index < -0.39 is 0 Å². The van der Waals surface area contributed by atoms with E-state index in [1.54, 1.807) is 0 Å². The molecule has 0 saturated carbocycles. The summed E-state index contributed by atoms with van der Waals surface area (Å²) in [7, 11) is 1.93. The summed E-state index contributed by atoms with van der Waals surface area (Å²) in [5.41, 5.74) is 5.21. The molecule has 27 heavy (non-hydrogen) atoms. The van der Waals surface area contributed by atoms with Crippen LogP contribution in [0.15, 0.2) is 47.6 Å². The fraction of sp³-hybridized carbons (Fsp3) is 0.286. The van der Waals surface area contributed by atoms with Crippen LogP contribution in [-0.4, -0.2) is 25.9 Å². The minimum atomic E-state index is -0.294. The number of aromatic nitrogens is 3. The van der Waals surface area contributed by atoms with E-state index in [9.17, 15) is 4.79 Å². The summed E-state index contributed by atoms with van der Waals surface area (Å²) >= 11 is 1.41. The SMILES string of the molecule is Cc1ccc(C)c(NC(=O)[C@H](C)Sc2nnc(-c3ccccc3C)n2C)c1. The molecule has 3 aromatic rings. The Kier molecular flexibility index (Phi) is 5.65. The maximum atomic E-state index is 12.6. The Bertz CT molecular complexity index is 980. The molecule has 2 aromatic carbocycles. The van der Waals surface area contributed by atoms with Crippen LogP contribution in [0, 0.1) is 20.8 Å². The minimum absolute atomic E-state index is 0.0471.